The summed E-state index contributed by atoms with van der Waals surface area (Å²) in [4.78, 5) is 13.3. The maximum atomic E-state index is 11.3. The summed E-state index contributed by atoms with van der Waals surface area (Å²) in [6, 6.07) is 0. The number of nitrogens with one attached hydrogen (secondary N) is 2. The monoisotopic (exact) mass is 201 g/mol. The second-order valence-corrected chi connectivity index (χ2v) is 3.54. The van der Waals surface area contributed by atoms with Gasteiger partial charge in [0.25, 0.3) is 0 Å². The van der Waals surface area contributed by atoms with Crippen molar-refractivity contribution in [1.82, 2.24) is 15.5 Å². The van der Waals surface area contributed by atoms with Crippen LogP contribution >= 0.6 is 0 Å². The Bertz CT molecular complexity index is 150. The first kappa shape index (κ1) is 13.4. The lowest BCUT2D eigenvalue weighted by Gasteiger charge is -2.15. The molecule has 0 aliphatic rings. The van der Waals surface area contributed by atoms with E-state index in [4.69, 9.17) is 0 Å². The lowest BCUT2D eigenvalue weighted by molar-refractivity contribution is -0.121. The second kappa shape index (κ2) is 8.97. The molecule has 0 unspecified atom stereocenters. The number of amides is 1. The average Bonchev–Trinajstić information content (AvgIpc) is 2.15. The van der Waals surface area contributed by atoms with E-state index in [1.165, 1.54) is 0 Å². The van der Waals surface area contributed by atoms with Gasteiger partial charge >= 0.3 is 0 Å². The molecule has 0 bridgehead atoms. The molecule has 0 fully saturated rings. The van der Waals surface area contributed by atoms with Crippen molar-refractivity contribution in [3.63, 3.8) is 0 Å². The van der Waals surface area contributed by atoms with E-state index in [-0.39, 0.29) is 5.91 Å². The summed E-state index contributed by atoms with van der Waals surface area (Å²) in [7, 11) is 3.91. The van der Waals surface area contributed by atoms with Crippen LogP contribution in [0.1, 0.15) is 19.8 Å². The summed E-state index contributed by atoms with van der Waals surface area (Å²) in [5, 5.41) is 5.94. The summed E-state index contributed by atoms with van der Waals surface area (Å²) in [5.41, 5.74) is 0. The Morgan fingerprint density at radius 3 is 2.64 bits per heavy atom. The first-order valence-electron chi connectivity index (χ1n) is 5.30. The standard InChI is InChI=1S/C10H23N3O/c1-4-6-12-10(14)9-13(3)8-5-7-11-2/h11H,4-9H2,1-3H3,(H,12,14). The van der Waals surface area contributed by atoms with Crippen molar-refractivity contribution in [2.75, 3.05) is 40.3 Å². The normalized spacial score (nSPS) is 10.6. The van der Waals surface area contributed by atoms with Crippen molar-refractivity contribution in [2.45, 2.75) is 19.8 Å². The molecule has 4 nitrogen and oxygen atoms in total. The fraction of sp³-hybridized carbons (Fsp3) is 0.900. The molecule has 0 aromatic heterocycles. The molecule has 0 radical (unpaired) electrons. The van der Waals surface area contributed by atoms with E-state index in [0.29, 0.717) is 6.54 Å². The molecular formula is C10H23N3O. The Balaban J connectivity index is 3.40. The van der Waals surface area contributed by atoms with Gasteiger partial charge in [0.2, 0.25) is 5.91 Å². The van der Waals surface area contributed by atoms with Crippen LogP contribution in [-0.2, 0) is 4.79 Å². The molecule has 1 amide bonds. The highest BCUT2D eigenvalue weighted by molar-refractivity contribution is 5.77. The fourth-order valence-electron chi connectivity index (χ4n) is 1.17. The molecule has 0 rings (SSSR count). The van der Waals surface area contributed by atoms with Gasteiger partial charge in [0.05, 0.1) is 6.54 Å². The van der Waals surface area contributed by atoms with Crippen LogP contribution in [0.15, 0.2) is 0 Å². The second-order valence-electron chi connectivity index (χ2n) is 3.54. The average molecular weight is 201 g/mol. The van der Waals surface area contributed by atoms with E-state index in [0.717, 1.165) is 32.5 Å². The summed E-state index contributed by atoms with van der Waals surface area (Å²) in [5.74, 6) is 0.124. The van der Waals surface area contributed by atoms with Crippen molar-refractivity contribution in [2.24, 2.45) is 0 Å². The number of rotatable bonds is 8. The lowest BCUT2D eigenvalue weighted by Crippen LogP contribution is -2.36. The molecule has 0 aliphatic heterocycles. The van der Waals surface area contributed by atoms with Gasteiger partial charge in [-0.05, 0) is 40.0 Å². The number of carbonyl (C=O) groups excluding carboxylic acids is 1. The number of nitrogens with zero attached hydrogens (tertiary/aromatic N) is 1. The van der Waals surface area contributed by atoms with Crippen molar-refractivity contribution >= 4 is 5.91 Å². The maximum absolute atomic E-state index is 11.3. The number of hydrogen-bond acceptors (Lipinski definition) is 3. The summed E-state index contributed by atoms with van der Waals surface area (Å²) in [6.07, 6.45) is 2.07. The van der Waals surface area contributed by atoms with Crippen LogP contribution in [0.25, 0.3) is 0 Å². The highest BCUT2D eigenvalue weighted by Crippen LogP contribution is 1.86. The Kier molecular flexibility index (Phi) is 8.57. The molecule has 0 spiro atoms. The van der Waals surface area contributed by atoms with E-state index >= 15 is 0 Å². The molecule has 14 heavy (non-hydrogen) atoms. The molecule has 0 aliphatic carbocycles. The molecule has 84 valence electrons. The van der Waals surface area contributed by atoms with Crippen molar-refractivity contribution in [3.05, 3.63) is 0 Å². The molecule has 0 heterocycles. The van der Waals surface area contributed by atoms with Gasteiger partial charge in [-0.2, -0.15) is 0 Å². The molecule has 0 aromatic carbocycles. The zero-order valence-electron chi connectivity index (χ0n) is 9.60. The first-order chi connectivity index (χ1) is 6.70. The third kappa shape index (κ3) is 8.01. The largest absolute Gasteiger partial charge is 0.355 e. The molecule has 0 saturated heterocycles. The van der Waals surface area contributed by atoms with E-state index in [1.54, 1.807) is 0 Å². The molecular weight excluding hydrogens is 178 g/mol. The number of likely N-dealkylation sites (N-methyl/N-ethyl adjacent to an activating group) is 1. The zero-order chi connectivity index (χ0) is 10.8. The minimum Gasteiger partial charge on any atom is -0.355 e. The number of carbonyl (C=O) groups is 1. The minimum atomic E-state index is 0.124. The van der Waals surface area contributed by atoms with Gasteiger partial charge in [-0.3, -0.25) is 9.69 Å². The SMILES string of the molecule is CCCNC(=O)CN(C)CCCNC. The van der Waals surface area contributed by atoms with Crippen molar-refractivity contribution < 1.29 is 4.79 Å². The third-order valence-corrected chi connectivity index (χ3v) is 1.95. The predicted molar refractivity (Wildman–Crippen MR) is 59.3 cm³/mol. The van der Waals surface area contributed by atoms with Gasteiger partial charge in [0.1, 0.15) is 0 Å². The maximum Gasteiger partial charge on any atom is 0.234 e. The van der Waals surface area contributed by atoms with Crippen LogP contribution in [0.4, 0.5) is 0 Å². The summed E-state index contributed by atoms with van der Waals surface area (Å²) in [6.45, 7) is 5.30. The van der Waals surface area contributed by atoms with Gasteiger partial charge in [-0.25, -0.2) is 0 Å². The van der Waals surface area contributed by atoms with Gasteiger partial charge in [-0.1, -0.05) is 6.92 Å². The molecule has 0 saturated carbocycles. The van der Waals surface area contributed by atoms with Crippen LogP contribution in [-0.4, -0.2) is 51.1 Å². The molecule has 0 aromatic rings. The highest BCUT2D eigenvalue weighted by Gasteiger charge is 2.04. The van der Waals surface area contributed by atoms with Gasteiger partial charge in [0, 0.05) is 6.54 Å². The Morgan fingerprint density at radius 1 is 1.36 bits per heavy atom. The van der Waals surface area contributed by atoms with E-state index in [9.17, 15) is 4.79 Å². The lowest BCUT2D eigenvalue weighted by atomic mass is 10.4. The van der Waals surface area contributed by atoms with E-state index in [1.807, 2.05) is 19.0 Å². The van der Waals surface area contributed by atoms with E-state index < -0.39 is 0 Å². The first-order valence-corrected chi connectivity index (χ1v) is 5.30. The Morgan fingerprint density at radius 2 is 2.07 bits per heavy atom. The quantitative estimate of drug-likeness (QED) is 0.546. The van der Waals surface area contributed by atoms with E-state index in [2.05, 4.69) is 17.6 Å². The fourth-order valence-corrected chi connectivity index (χ4v) is 1.17. The van der Waals surface area contributed by atoms with Crippen LogP contribution in [0.5, 0.6) is 0 Å². The highest BCUT2D eigenvalue weighted by atomic mass is 16.1. The molecule has 2 N–H and O–H groups in total. The van der Waals surface area contributed by atoms with Gasteiger partial charge in [-0.15, -0.1) is 0 Å². The predicted octanol–water partition coefficient (Wildman–Crippen LogP) is 0.0539. The smallest absolute Gasteiger partial charge is 0.234 e. The van der Waals surface area contributed by atoms with Crippen molar-refractivity contribution in [3.8, 4) is 0 Å². The van der Waals surface area contributed by atoms with Gasteiger partial charge in [0.15, 0.2) is 0 Å². The third-order valence-electron chi connectivity index (χ3n) is 1.95. The molecule has 0 atom stereocenters. The Labute approximate surface area is 87.0 Å². The summed E-state index contributed by atoms with van der Waals surface area (Å²) < 4.78 is 0. The van der Waals surface area contributed by atoms with Crippen molar-refractivity contribution in [1.29, 1.82) is 0 Å². The Hall–Kier alpha value is -0.610. The summed E-state index contributed by atoms with van der Waals surface area (Å²) >= 11 is 0. The zero-order valence-corrected chi connectivity index (χ0v) is 9.60. The van der Waals surface area contributed by atoms with Crippen LogP contribution in [0.2, 0.25) is 0 Å². The van der Waals surface area contributed by atoms with Crippen LogP contribution in [0.3, 0.4) is 0 Å². The minimum absolute atomic E-state index is 0.124. The topological polar surface area (TPSA) is 44.4 Å². The van der Waals surface area contributed by atoms with Crippen LogP contribution in [0, 0.1) is 0 Å². The van der Waals surface area contributed by atoms with Gasteiger partial charge < -0.3 is 10.6 Å². The molecule has 4 heteroatoms. The van der Waals surface area contributed by atoms with Crippen LogP contribution < -0.4 is 10.6 Å². The number of hydrogen-bond donors (Lipinski definition) is 2.